The van der Waals surface area contributed by atoms with E-state index in [1.807, 2.05) is 0 Å². The Morgan fingerprint density at radius 3 is 3.10 bits per heavy atom. The Morgan fingerprint density at radius 1 is 1.45 bits per heavy atom. The molecule has 1 atom stereocenters. The summed E-state index contributed by atoms with van der Waals surface area (Å²) in [6.07, 6.45) is 4.89. The predicted octanol–water partition coefficient (Wildman–Crippen LogP) is 2.44. The van der Waals surface area contributed by atoms with E-state index in [1.165, 1.54) is 36.5 Å². The first-order valence-electron chi connectivity index (χ1n) is 7.46. The van der Waals surface area contributed by atoms with Crippen molar-refractivity contribution in [2.24, 2.45) is 5.92 Å². The minimum absolute atomic E-state index is 0.793. The van der Waals surface area contributed by atoms with Gasteiger partial charge in [0, 0.05) is 24.2 Å². The molecule has 110 valence electrons. The van der Waals surface area contributed by atoms with Crippen molar-refractivity contribution in [3.05, 3.63) is 22.5 Å². The summed E-state index contributed by atoms with van der Waals surface area (Å²) in [5.41, 5.74) is 2.47. The number of aryl methyl sites for hydroxylation is 2. The highest BCUT2D eigenvalue weighted by molar-refractivity contribution is 7.17. The third-order valence-electron chi connectivity index (χ3n) is 4.19. The van der Waals surface area contributed by atoms with Gasteiger partial charge in [0.2, 0.25) is 0 Å². The van der Waals surface area contributed by atoms with E-state index in [0.717, 1.165) is 29.7 Å². The van der Waals surface area contributed by atoms with Gasteiger partial charge in [-0.05, 0) is 52.7 Å². The van der Waals surface area contributed by atoms with Crippen LogP contribution in [-0.4, -0.2) is 41.0 Å². The van der Waals surface area contributed by atoms with Crippen LogP contribution in [0.3, 0.4) is 0 Å². The maximum Gasteiger partial charge on any atom is 0.194 e. The number of thiazole rings is 1. The first-order chi connectivity index (χ1) is 9.63. The molecule has 20 heavy (non-hydrogen) atoms. The van der Waals surface area contributed by atoms with Gasteiger partial charge in [-0.1, -0.05) is 0 Å². The highest BCUT2D eigenvalue weighted by Gasteiger charge is 2.17. The van der Waals surface area contributed by atoms with E-state index < -0.39 is 0 Å². The number of hydrogen-bond acceptors (Lipinski definition) is 4. The van der Waals surface area contributed by atoms with Gasteiger partial charge in [0.15, 0.2) is 4.96 Å². The normalized spacial score (nSPS) is 20.9. The monoisotopic (exact) mass is 292 g/mol. The van der Waals surface area contributed by atoms with Crippen LogP contribution in [0.1, 0.15) is 29.1 Å². The Kier molecular flexibility index (Phi) is 4.10. The molecular formula is C15H24N4S. The standard InChI is InChI=1S/C15H24N4S/c1-11-9-19-14(12(2)17-15(19)20-11)8-16-7-13-5-4-6-18(3)10-13/h9,13,16H,4-8,10H2,1-3H3/t13-/m0/s1. The second-order valence-corrected chi connectivity index (χ2v) is 7.25. The minimum Gasteiger partial charge on any atom is -0.311 e. The van der Waals surface area contributed by atoms with Crippen LogP contribution in [0.15, 0.2) is 6.20 Å². The van der Waals surface area contributed by atoms with Crippen molar-refractivity contribution in [2.75, 3.05) is 26.7 Å². The molecule has 1 saturated heterocycles. The minimum atomic E-state index is 0.793. The van der Waals surface area contributed by atoms with E-state index in [-0.39, 0.29) is 0 Å². The maximum atomic E-state index is 4.64. The van der Waals surface area contributed by atoms with Crippen LogP contribution in [0.4, 0.5) is 0 Å². The molecule has 0 aromatic carbocycles. The lowest BCUT2D eigenvalue weighted by atomic mass is 9.98. The first kappa shape index (κ1) is 14.0. The average Bonchev–Trinajstić information content (AvgIpc) is 2.87. The van der Waals surface area contributed by atoms with Gasteiger partial charge in [-0.15, -0.1) is 11.3 Å². The Morgan fingerprint density at radius 2 is 2.30 bits per heavy atom. The molecule has 0 unspecified atom stereocenters. The summed E-state index contributed by atoms with van der Waals surface area (Å²) in [6, 6.07) is 0. The molecule has 4 nitrogen and oxygen atoms in total. The second-order valence-electron chi connectivity index (χ2n) is 6.04. The number of aromatic nitrogens is 2. The summed E-state index contributed by atoms with van der Waals surface area (Å²) in [7, 11) is 2.23. The fraction of sp³-hybridized carbons (Fsp3) is 0.667. The molecule has 0 radical (unpaired) electrons. The molecule has 2 aromatic heterocycles. The number of likely N-dealkylation sites (tertiary alicyclic amines) is 1. The number of piperidine rings is 1. The van der Waals surface area contributed by atoms with E-state index in [1.54, 1.807) is 11.3 Å². The second kappa shape index (κ2) is 5.84. The molecule has 3 heterocycles. The van der Waals surface area contributed by atoms with Crippen molar-refractivity contribution in [3.63, 3.8) is 0 Å². The highest BCUT2D eigenvalue weighted by atomic mass is 32.1. The van der Waals surface area contributed by atoms with Gasteiger partial charge in [-0.25, -0.2) is 4.98 Å². The smallest absolute Gasteiger partial charge is 0.194 e. The van der Waals surface area contributed by atoms with Gasteiger partial charge in [0.1, 0.15) is 0 Å². The van der Waals surface area contributed by atoms with Gasteiger partial charge in [-0.3, -0.25) is 4.40 Å². The van der Waals surface area contributed by atoms with Crippen molar-refractivity contribution in [2.45, 2.75) is 33.2 Å². The Labute approximate surface area is 124 Å². The Balaban J connectivity index is 1.60. The van der Waals surface area contributed by atoms with E-state index in [9.17, 15) is 0 Å². The molecule has 1 aliphatic rings. The van der Waals surface area contributed by atoms with Crippen LogP contribution in [0.5, 0.6) is 0 Å². The van der Waals surface area contributed by atoms with Crippen LogP contribution in [0, 0.1) is 19.8 Å². The zero-order valence-electron chi connectivity index (χ0n) is 12.6. The van der Waals surface area contributed by atoms with Gasteiger partial charge in [0.25, 0.3) is 0 Å². The fourth-order valence-electron chi connectivity index (χ4n) is 3.16. The van der Waals surface area contributed by atoms with Crippen LogP contribution < -0.4 is 5.32 Å². The molecule has 1 aliphatic heterocycles. The number of fused-ring (bicyclic) bond motifs is 1. The molecule has 2 aromatic rings. The third kappa shape index (κ3) is 2.90. The molecule has 1 fully saturated rings. The Hall–Kier alpha value is -0.910. The number of rotatable bonds is 4. The molecule has 0 aliphatic carbocycles. The van der Waals surface area contributed by atoms with Crippen molar-refractivity contribution in [3.8, 4) is 0 Å². The zero-order valence-corrected chi connectivity index (χ0v) is 13.5. The predicted molar refractivity (Wildman–Crippen MR) is 84.5 cm³/mol. The molecule has 5 heteroatoms. The van der Waals surface area contributed by atoms with Crippen LogP contribution in [0.2, 0.25) is 0 Å². The number of nitrogens with zero attached hydrogens (tertiary/aromatic N) is 3. The summed E-state index contributed by atoms with van der Waals surface area (Å²) in [4.78, 5) is 9.53. The van der Waals surface area contributed by atoms with E-state index >= 15 is 0 Å². The third-order valence-corrected chi connectivity index (χ3v) is 5.09. The summed E-state index contributed by atoms with van der Waals surface area (Å²) in [6.45, 7) is 8.77. The number of nitrogens with one attached hydrogen (secondary N) is 1. The van der Waals surface area contributed by atoms with E-state index in [4.69, 9.17) is 0 Å². The molecule has 0 bridgehead atoms. The molecule has 3 rings (SSSR count). The topological polar surface area (TPSA) is 32.6 Å². The molecule has 0 spiro atoms. The van der Waals surface area contributed by atoms with Gasteiger partial charge >= 0.3 is 0 Å². The number of imidazole rings is 1. The molecular weight excluding hydrogens is 268 g/mol. The molecule has 1 N–H and O–H groups in total. The lowest BCUT2D eigenvalue weighted by molar-refractivity contribution is 0.206. The molecule has 0 saturated carbocycles. The van der Waals surface area contributed by atoms with Gasteiger partial charge < -0.3 is 10.2 Å². The SMILES string of the molecule is Cc1cn2c(CNC[C@@H]3CCCN(C)C3)c(C)nc2s1. The van der Waals surface area contributed by atoms with Gasteiger partial charge in [0.05, 0.1) is 11.4 Å². The maximum absolute atomic E-state index is 4.64. The number of hydrogen-bond donors (Lipinski definition) is 1. The summed E-state index contributed by atoms with van der Waals surface area (Å²) in [5, 5.41) is 3.64. The van der Waals surface area contributed by atoms with Crippen LogP contribution in [-0.2, 0) is 6.54 Å². The average molecular weight is 292 g/mol. The fourth-order valence-corrected chi connectivity index (χ4v) is 4.05. The Bertz CT molecular complexity index is 586. The van der Waals surface area contributed by atoms with Crippen molar-refractivity contribution < 1.29 is 0 Å². The van der Waals surface area contributed by atoms with E-state index in [2.05, 4.69) is 46.7 Å². The summed E-state index contributed by atoms with van der Waals surface area (Å²) >= 11 is 1.77. The van der Waals surface area contributed by atoms with E-state index in [0.29, 0.717) is 0 Å². The zero-order chi connectivity index (χ0) is 14.1. The largest absolute Gasteiger partial charge is 0.311 e. The highest BCUT2D eigenvalue weighted by Crippen LogP contribution is 2.21. The molecule has 0 amide bonds. The summed E-state index contributed by atoms with van der Waals surface area (Å²) in [5.74, 6) is 0.793. The lowest BCUT2D eigenvalue weighted by Crippen LogP contribution is -2.37. The van der Waals surface area contributed by atoms with Crippen molar-refractivity contribution >= 4 is 16.3 Å². The van der Waals surface area contributed by atoms with Crippen molar-refractivity contribution in [1.29, 1.82) is 0 Å². The van der Waals surface area contributed by atoms with Crippen LogP contribution in [0.25, 0.3) is 4.96 Å². The van der Waals surface area contributed by atoms with Crippen molar-refractivity contribution in [1.82, 2.24) is 19.6 Å². The quantitative estimate of drug-likeness (QED) is 0.939. The summed E-state index contributed by atoms with van der Waals surface area (Å²) < 4.78 is 2.25. The first-order valence-corrected chi connectivity index (χ1v) is 8.28. The van der Waals surface area contributed by atoms with Crippen LogP contribution >= 0.6 is 11.3 Å². The van der Waals surface area contributed by atoms with Gasteiger partial charge in [-0.2, -0.15) is 0 Å². The lowest BCUT2D eigenvalue weighted by Gasteiger charge is -2.29.